The second-order valence-corrected chi connectivity index (χ2v) is 7.24. The number of nitrogens with one attached hydrogen (secondary N) is 1. The molecule has 0 atom stereocenters. The highest BCUT2D eigenvalue weighted by Gasteiger charge is 2.21. The fraction of sp³-hybridized carbons (Fsp3) is 0.364. The standard InChI is InChI=1S/C22H28N6O/c1-17-25-18-7-3-4-8-19(18)28(17)12-11-24-22(23-2)27-15-13-26(14-16-27)20-9-5-6-10-21(20)29/h3-10,29H,11-16H2,1-2H3,(H,23,24). The second-order valence-electron chi connectivity index (χ2n) is 7.24. The van der Waals surface area contributed by atoms with Gasteiger partial charge in [0.25, 0.3) is 0 Å². The molecule has 3 aromatic rings. The molecule has 0 bridgehead atoms. The van der Waals surface area contributed by atoms with Crippen molar-refractivity contribution in [3.05, 3.63) is 54.4 Å². The maximum Gasteiger partial charge on any atom is 0.193 e. The molecule has 0 unspecified atom stereocenters. The van der Waals surface area contributed by atoms with Crippen molar-refractivity contribution >= 4 is 22.7 Å². The Morgan fingerprint density at radius 3 is 2.55 bits per heavy atom. The summed E-state index contributed by atoms with van der Waals surface area (Å²) >= 11 is 0. The molecule has 1 aromatic heterocycles. The number of phenolic OH excluding ortho intramolecular Hbond substituents is 1. The second kappa shape index (κ2) is 8.43. The van der Waals surface area contributed by atoms with E-state index in [0.29, 0.717) is 5.75 Å². The highest BCUT2D eigenvalue weighted by atomic mass is 16.3. The van der Waals surface area contributed by atoms with Gasteiger partial charge in [-0.1, -0.05) is 24.3 Å². The zero-order valence-electron chi connectivity index (χ0n) is 17.0. The number of aromatic nitrogens is 2. The van der Waals surface area contributed by atoms with Crippen LogP contribution in [0.3, 0.4) is 0 Å². The molecule has 0 radical (unpaired) electrons. The van der Waals surface area contributed by atoms with Crippen LogP contribution >= 0.6 is 0 Å². The number of piperazine rings is 1. The summed E-state index contributed by atoms with van der Waals surface area (Å²) in [6.45, 7) is 7.10. The summed E-state index contributed by atoms with van der Waals surface area (Å²) in [4.78, 5) is 13.6. The van der Waals surface area contributed by atoms with Crippen molar-refractivity contribution < 1.29 is 5.11 Å². The van der Waals surface area contributed by atoms with E-state index < -0.39 is 0 Å². The number of phenols is 1. The number of aliphatic imine (C=N–C) groups is 1. The number of anilines is 1. The third-order valence-corrected chi connectivity index (χ3v) is 5.48. The van der Waals surface area contributed by atoms with E-state index in [0.717, 1.165) is 67.8 Å². The number of imidazole rings is 1. The highest BCUT2D eigenvalue weighted by Crippen LogP contribution is 2.27. The van der Waals surface area contributed by atoms with E-state index in [-0.39, 0.29) is 0 Å². The fourth-order valence-electron chi connectivity index (χ4n) is 3.98. The normalized spacial score (nSPS) is 15.2. The van der Waals surface area contributed by atoms with Crippen LogP contribution in [0.15, 0.2) is 53.5 Å². The molecular formula is C22H28N6O. The van der Waals surface area contributed by atoms with Crippen LogP contribution in [0.25, 0.3) is 11.0 Å². The molecule has 0 saturated carbocycles. The molecule has 2 aromatic carbocycles. The molecular weight excluding hydrogens is 364 g/mol. The topological polar surface area (TPSA) is 68.9 Å². The number of hydrogen-bond acceptors (Lipinski definition) is 4. The van der Waals surface area contributed by atoms with Crippen molar-refractivity contribution in [3.8, 4) is 5.75 Å². The van der Waals surface area contributed by atoms with Crippen LogP contribution in [-0.4, -0.2) is 65.3 Å². The summed E-state index contributed by atoms with van der Waals surface area (Å²) in [5.74, 6) is 2.29. The van der Waals surface area contributed by atoms with Crippen molar-refractivity contribution in [2.45, 2.75) is 13.5 Å². The largest absolute Gasteiger partial charge is 0.506 e. The summed E-state index contributed by atoms with van der Waals surface area (Å²) in [7, 11) is 1.83. The van der Waals surface area contributed by atoms with E-state index in [1.807, 2.05) is 38.2 Å². The third kappa shape index (κ3) is 3.99. The first-order chi connectivity index (χ1) is 14.2. The molecule has 2 N–H and O–H groups in total. The first-order valence-electron chi connectivity index (χ1n) is 10.1. The van der Waals surface area contributed by atoms with E-state index in [4.69, 9.17) is 0 Å². The SMILES string of the molecule is CN=C(NCCn1c(C)nc2ccccc21)N1CCN(c2ccccc2O)CC1. The third-order valence-electron chi connectivity index (χ3n) is 5.48. The zero-order valence-corrected chi connectivity index (χ0v) is 17.0. The molecule has 0 amide bonds. The molecule has 0 aliphatic carbocycles. The lowest BCUT2D eigenvalue weighted by Gasteiger charge is -2.37. The molecule has 1 aliphatic heterocycles. The van der Waals surface area contributed by atoms with E-state index in [1.165, 1.54) is 0 Å². The maximum absolute atomic E-state index is 10.1. The predicted molar refractivity (Wildman–Crippen MR) is 118 cm³/mol. The summed E-state index contributed by atoms with van der Waals surface area (Å²) < 4.78 is 2.24. The number of aromatic hydroxyl groups is 1. The van der Waals surface area contributed by atoms with Gasteiger partial charge in [0.05, 0.1) is 16.7 Å². The number of hydrogen-bond donors (Lipinski definition) is 2. The van der Waals surface area contributed by atoms with E-state index in [9.17, 15) is 5.11 Å². The molecule has 4 rings (SSSR count). The van der Waals surface area contributed by atoms with E-state index in [1.54, 1.807) is 6.07 Å². The number of para-hydroxylation sites is 4. The van der Waals surface area contributed by atoms with Crippen molar-refractivity contribution in [2.75, 3.05) is 44.7 Å². The maximum atomic E-state index is 10.1. The molecule has 1 fully saturated rings. The number of rotatable bonds is 4. The van der Waals surface area contributed by atoms with Crippen molar-refractivity contribution in [1.82, 2.24) is 19.8 Å². The van der Waals surface area contributed by atoms with Gasteiger partial charge in [-0.3, -0.25) is 4.99 Å². The van der Waals surface area contributed by atoms with Crippen LogP contribution in [0.4, 0.5) is 5.69 Å². The summed E-state index contributed by atoms with van der Waals surface area (Å²) in [6.07, 6.45) is 0. The minimum atomic E-state index is 0.339. The molecule has 1 saturated heterocycles. The lowest BCUT2D eigenvalue weighted by molar-refractivity contribution is 0.369. The van der Waals surface area contributed by atoms with Crippen LogP contribution in [0.2, 0.25) is 0 Å². The van der Waals surface area contributed by atoms with Gasteiger partial charge in [0.1, 0.15) is 11.6 Å². The molecule has 0 spiro atoms. The number of guanidine groups is 1. The quantitative estimate of drug-likeness (QED) is 0.527. The molecule has 29 heavy (non-hydrogen) atoms. The van der Waals surface area contributed by atoms with E-state index in [2.05, 4.69) is 47.9 Å². The Bertz CT molecular complexity index is 1000. The molecule has 1 aliphatic rings. The molecule has 7 nitrogen and oxygen atoms in total. The van der Waals surface area contributed by atoms with Crippen molar-refractivity contribution in [3.63, 3.8) is 0 Å². The summed E-state index contributed by atoms with van der Waals surface area (Å²) in [6, 6.07) is 15.8. The zero-order chi connectivity index (χ0) is 20.2. The summed E-state index contributed by atoms with van der Waals surface area (Å²) in [5, 5.41) is 13.6. The minimum Gasteiger partial charge on any atom is -0.506 e. The Kier molecular flexibility index (Phi) is 5.55. The average Bonchev–Trinajstić information content (AvgIpc) is 3.07. The fourth-order valence-corrected chi connectivity index (χ4v) is 3.98. The minimum absolute atomic E-state index is 0.339. The predicted octanol–water partition coefficient (Wildman–Crippen LogP) is 2.45. The van der Waals surface area contributed by atoms with Crippen molar-refractivity contribution in [2.24, 2.45) is 4.99 Å². The average molecular weight is 393 g/mol. The molecule has 152 valence electrons. The number of benzene rings is 2. The number of nitrogens with zero attached hydrogens (tertiary/aromatic N) is 5. The Morgan fingerprint density at radius 2 is 1.79 bits per heavy atom. The molecule has 2 heterocycles. The Labute approximate surface area is 171 Å². The Balaban J connectivity index is 1.33. The van der Waals surface area contributed by atoms with Crippen molar-refractivity contribution in [1.29, 1.82) is 0 Å². The smallest absolute Gasteiger partial charge is 0.193 e. The van der Waals surface area contributed by atoms with Gasteiger partial charge in [0, 0.05) is 46.3 Å². The number of fused-ring (bicyclic) bond motifs is 1. The molecule has 7 heteroatoms. The van der Waals surface area contributed by atoms with Gasteiger partial charge in [0.2, 0.25) is 0 Å². The van der Waals surface area contributed by atoms with Crippen LogP contribution in [0.5, 0.6) is 5.75 Å². The number of aryl methyl sites for hydroxylation is 1. The Hall–Kier alpha value is -3.22. The van der Waals surface area contributed by atoms with Crippen LogP contribution in [-0.2, 0) is 6.54 Å². The van der Waals surface area contributed by atoms with Gasteiger partial charge in [-0.25, -0.2) is 4.98 Å². The van der Waals surface area contributed by atoms with Gasteiger partial charge in [-0.2, -0.15) is 0 Å². The van der Waals surface area contributed by atoms with Gasteiger partial charge in [-0.05, 0) is 31.2 Å². The first kappa shape index (κ1) is 19.1. The Morgan fingerprint density at radius 1 is 1.07 bits per heavy atom. The lowest BCUT2D eigenvalue weighted by Crippen LogP contribution is -2.53. The van der Waals surface area contributed by atoms with Crippen LogP contribution < -0.4 is 10.2 Å². The first-order valence-corrected chi connectivity index (χ1v) is 10.1. The lowest BCUT2D eigenvalue weighted by atomic mass is 10.2. The highest BCUT2D eigenvalue weighted by molar-refractivity contribution is 5.80. The van der Waals surface area contributed by atoms with Gasteiger partial charge in [0.15, 0.2) is 5.96 Å². The summed E-state index contributed by atoms with van der Waals surface area (Å²) in [5.41, 5.74) is 3.10. The van der Waals surface area contributed by atoms with Crippen LogP contribution in [0.1, 0.15) is 5.82 Å². The van der Waals surface area contributed by atoms with Gasteiger partial charge in [-0.15, -0.1) is 0 Å². The monoisotopic (exact) mass is 392 g/mol. The van der Waals surface area contributed by atoms with E-state index >= 15 is 0 Å². The van der Waals surface area contributed by atoms with Crippen LogP contribution in [0, 0.1) is 6.92 Å². The van der Waals surface area contributed by atoms with Gasteiger partial charge < -0.3 is 24.8 Å². The van der Waals surface area contributed by atoms with Gasteiger partial charge >= 0.3 is 0 Å².